The Morgan fingerprint density at radius 1 is 0.720 bits per heavy atom. The maximum Gasteiger partial charge on any atom is 0.251 e. The van der Waals surface area contributed by atoms with Crippen molar-refractivity contribution in [2.45, 2.75) is 38.1 Å². The molecule has 1 N–H and O–H groups in total. The third-order valence-electron chi connectivity index (χ3n) is 6.78. The highest BCUT2D eigenvalue weighted by Gasteiger charge is 2.48. The lowest BCUT2D eigenvalue weighted by Gasteiger charge is -2.54. The van der Waals surface area contributed by atoms with Crippen LogP contribution in [0, 0.1) is 23.7 Å². The van der Waals surface area contributed by atoms with E-state index in [0.29, 0.717) is 6.04 Å². The van der Waals surface area contributed by atoms with Gasteiger partial charge >= 0.3 is 0 Å². The van der Waals surface area contributed by atoms with Crippen molar-refractivity contribution in [2.75, 3.05) is 0 Å². The lowest BCUT2D eigenvalue weighted by molar-refractivity contribution is -0.0119. The minimum Gasteiger partial charge on any atom is -0.349 e. The second-order valence-electron chi connectivity index (χ2n) is 8.37. The lowest BCUT2D eigenvalue weighted by Crippen LogP contribution is -2.55. The van der Waals surface area contributed by atoms with Crippen LogP contribution in [-0.2, 0) is 0 Å². The van der Waals surface area contributed by atoms with Crippen molar-refractivity contribution < 1.29 is 4.79 Å². The summed E-state index contributed by atoms with van der Waals surface area (Å²) in [4.78, 5) is 12.8. The smallest absolute Gasteiger partial charge is 0.251 e. The molecule has 4 saturated carbocycles. The van der Waals surface area contributed by atoms with Crippen LogP contribution in [0.2, 0.25) is 0 Å². The summed E-state index contributed by atoms with van der Waals surface area (Å²) in [7, 11) is 0. The largest absolute Gasteiger partial charge is 0.349 e. The van der Waals surface area contributed by atoms with E-state index in [-0.39, 0.29) is 5.91 Å². The van der Waals surface area contributed by atoms with Crippen LogP contribution in [0.1, 0.15) is 42.5 Å². The monoisotopic (exact) mass is 331 g/mol. The summed E-state index contributed by atoms with van der Waals surface area (Å²) >= 11 is 0. The van der Waals surface area contributed by atoms with Crippen molar-refractivity contribution in [3.05, 3.63) is 60.2 Å². The number of amides is 1. The minimum atomic E-state index is 0.108. The first-order chi connectivity index (χ1) is 12.3. The molecule has 4 bridgehead atoms. The zero-order chi connectivity index (χ0) is 16.8. The fourth-order valence-electron chi connectivity index (χ4n) is 5.84. The molecule has 0 spiro atoms. The van der Waals surface area contributed by atoms with Crippen LogP contribution in [0.25, 0.3) is 11.1 Å². The summed E-state index contributed by atoms with van der Waals surface area (Å²) in [6, 6.07) is 18.8. The molecule has 1 amide bonds. The fourth-order valence-corrected chi connectivity index (χ4v) is 5.84. The van der Waals surface area contributed by atoms with Crippen molar-refractivity contribution in [2.24, 2.45) is 23.7 Å². The fraction of sp³-hybridized carbons (Fsp3) is 0.435. The first-order valence-corrected chi connectivity index (χ1v) is 9.72. The van der Waals surface area contributed by atoms with Crippen LogP contribution >= 0.6 is 0 Å². The Morgan fingerprint density at radius 2 is 1.28 bits per heavy atom. The lowest BCUT2D eigenvalue weighted by atomic mass is 9.54. The second-order valence-corrected chi connectivity index (χ2v) is 8.37. The van der Waals surface area contributed by atoms with E-state index in [2.05, 4.69) is 29.6 Å². The number of carbonyl (C=O) groups is 1. The molecule has 2 aromatic carbocycles. The van der Waals surface area contributed by atoms with Gasteiger partial charge in [0.2, 0.25) is 0 Å². The Morgan fingerprint density at radius 3 is 1.88 bits per heavy atom. The molecule has 4 fully saturated rings. The molecule has 25 heavy (non-hydrogen) atoms. The Labute approximate surface area is 149 Å². The summed E-state index contributed by atoms with van der Waals surface area (Å²) in [5.41, 5.74) is 3.13. The Hall–Kier alpha value is -2.09. The molecular formula is C23H25NO. The molecule has 0 unspecified atom stereocenters. The number of nitrogens with one attached hydrogen (secondary N) is 1. The topological polar surface area (TPSA) is 29.1 Å². The van der Waals surface area contributed by atoms with E-state index < -0.39 is 0 Å². The van der Waals surface area contributed by atoms with E-state index in [1.54, 1.807) is 0 Å². The molecule has 4 aliphatic rings. The first-order valence-electron chi connectivity index (χ1n) is 9.72. The Bertz CT molecular complexity index is 736. The number of benzene rings is 2. The molecule has 0 radical (unpaired) electrons. The van der Waals surface area contributed by atoms with Gasteiger partial charge in [-0.25, -0.2) is 0 Å². The zero-order valence-corrected chi connectivity index (χ0v) is 14.5. The van der Waals surface area contributed by atoms with Gasteiger partial charge in [-0.15, -0.1) is 0 Å². The van der Waals surface area contributed by atoms with Crippen LogP contribution in [0.5, 0.6) is 0 Å². The van der Waals surface area contributed by atoms with Crippen LogP contribution in [0.4, 0.5) is 0 Å². The predicted molar refractivity (Wildman–Crippen MR) is 100 cm³/mol. The van der Waals surface area contributed by atoms with Crippen molar-refractivity contribution in [1.29, 1.82) is 0 Å². The highest BCUT2D eigenvalue weighted by molar-refractivity contribution is 5.95. The van der Waals surface area contributed by atoms with Gasteiger partial charge in [0.05, 0.1) is 0 Å². The molecule has 0 atom stereocenters. The van der Waals surface area contributed by atoms with Gasteiger partial charge in [0, 0.05) is 11.6 Å². The van der Waals surface area contributed by atoms with Crippen molar-refractivity contribution in [3.63, 3.8) is 0 Å². The van der Waals surface area contributed by atoms with Crippen LogP contribution in [0.15, 0.2) is 54.6 Å². The van der Waals surface area contributed by atoms with Crippen LogP contribution in [0.3, 0.4) is 0 Å². The molecule has 0 heterocycles. The van der Waals surface area contributed by atoms with E-state index in [0.717, 1.165) is 34.8 Å². The third-order valence-corrected chi connectivity index (χ3v) is 6.78. The summed E-state index contributed by atoms with van der Waals surface area (Å²) in [5.74, 6) is 3.45. The van der Waals surface area contributed by atoms with E-state index in [4.69, 9.17) is 0 Å². The molecule has 2 heteroatoms. The van der Waals surface area contributed by atoms with Gasteiger partial charge < -0.3 is 5.32 Å². The third kappa shape index (κ3) is 2.78. The SMILES string of the molecule is O=C(NC1C2CC3CC(C2)CC1C3)c1ccc(-c2ccccc2)cc1. The summed E-state index contributed by atoms with van der Waals surface area (Å²) in [5, 5.41) is 3.40. The van der Waals surface area contributed by atoms with E-state index >= 15 is 0 Å². The zero-order valence-electron chi connectivity index (χ0n) is 14.5. The van der Waals surface area contributed by atoms with Crippen LogP contribution < -0.4 is 5.32 Å². The molecule has 128 valence electrons. The molecule has 0 saturated heterocycles. The predicted octanol–water partition coefficient (Wildman–Crippen LogP) is 4.91. The van der Waals surface area contributed by atoms with Gasteiger partial charge in [-0.05, 0) is 79.0 Å². The standard InChI is InChI=1S/C23H25NO/c25-23(19-8-6-18(7-9-19)17-4-2-1-3-5-17)24-22-20-11-15-10-16(13-20)14-21(22)12-15/h1-9,15-16,20-22H,10-14H2,(H,24,25). The summed E-state index contributed by atoms with van der Waals surface area (Å²) in [6.07, 6.45) is 6.81. The summed E-state index contributed by atoms with van der Waals surface area (Å²) < 4.78 is 0. The van der Waals surface area contributed by atoms with Crippen molar-refractivity contribution in [3.8, 4) is 11.1 Å². The molecular weight excluding hydrogens is 306 g/mol. The van der Waals surface area contributed by atoms with Gasteiger partial charge in [-0.2, -0.15) is 0 Å². The normalized spacial score (nSPS) is 32.6. The second kappa shape index (κ2) is 6.01. The van der Waals surface area contributed by atoms with Crippen LogP contribution in [-0.4, -0.2) is 11.9 Å². The highest BCUT2D eigenvalue weighted by atomic mass is 16.1. The average molecular weight is 331 g/mol. The molecule has 2 nitrogen and oxygen atoms in total. The maximum atomic E-state index is 12.8. The quantitative estimate of drug-likeness (QED) is 0.851. The van der Waals surface area contributed by atoms with Gasteiger partial charge in [0.25, 0.3) is 5.91 Å². The number of hydrogen-bond acceptors (Lipinski definition) is 1. The maximum absolute atomic E-state index is 12.8. The molecule has 0 aliphatic heterocycles. The number of rotatable bonds is 3. The van der Waals surface area contributed by atoms with Gasteiger partial charge in [-0.3, -0.25) is 4.79 Å². The van der Waals surface area contributed by atoms with Crippen molar-refractivity contribution >= 4 is 5.91 Å². The first kappa shape index (κ1) is 15.2. The molecule has 4 aliphatic carbocycles. The summed E-state index contributed by atoms with van der Waals surface area (Å²) in [6.45, 7) is 0. The van der Waals surface area contributed by atoms with Gasteiger partial charge in [0.1, 0.15) is 0 Å². The van der Waals surface area contributed by atoms with Gasteiger partial charge in [0.15, 0.2) is 0 Å². The minimum absolute atomic E-state index is 0.108. The van der Waals surface area contributed by atoms with E-state index in [1.165, 1.54) is 37.7 Å². The number of hydrogen-bond donors (Lipinski definition) is 1. The highest BCUT2D eigenvalue weighted by Crippen LogP contribution is 2.53. The molecule has 6 rings (SSSR count). The average Bonchev–Trinajstić information content (AvgIpc) is 2.65. The Balaban J connectivity index is 1.30. The molecule has 2 aromatic rings. The van der Waals surface area contributed by atoms with E-state index in [1.807, 2.05) is 30.3 Å². The Kier molecular flexibility index (Phi) is 3.65. The van der Waals surface area contributed by atoms with Crippen molar-refractivity contribution in [1.82, 2.24) is 5.32 Å². The van der Waals surface area contributed by atoms with E-state index in [9.17, 15) is 4.79 Å². The molecule has 0 aromatic heterocycles. The number of carbonyl (C=O) groups excluding carboxylic acids is 1. The van der Waals surface area contributed by atoms with Gasteiger partial charge in [-0.1, -0.05) is 42.5 Å².